The quantitative estimate of drug-likeness (QED) is 0.599. The van der Waals surface area contributed by atoms with Crippen LogP contribution in [0.25, 0.3) is 0 Å². The second-order valence-corrected chi connectivity index (χ2v) is 4.13. The molecule has 2 rings (SSSR count). The van der Waals surface area contributed by atoms with Crippen LogP contribution in [0.5, 0.6) is 0 Å². The number of fused-ring (bicyclic) bond motifs is 2. The van der Waals surface area contributed by atoms with Gasteiger partial charge in [0, 0.05) is 12.1 Å². The third kappa shape index (κ3) is 1.25. The zero-order chi connectivity index (χ0) is 9.59. The van der Waals surface area contributed by atoms with Crippen molar-refractivity contribution in [3.8, 4) is 0 Å². The standard InChI is InChI=1S/C9H15NO3/c1-10-5-2-3-6(10)8(9(12)13)7(11)4-5/h5-8,11H,2-4H2,1H3,(H,12,13)/t5-,6+,7+,8-/m1/s1. The van der Waals surface area contributed by atoms with Crippen molar-refractivity contribution in [3.63, 3.8) is 0 Å². The van der Waals surface area contributed by atoms with Gasteiger partial charge in [0.25, 0.3) is 0 Å². The molecule has 0 aromatic heterocycles. The Balaban J connectivity index is 2.21. The van der Waals surface area contributed by atoms with E-state index in [-0.39, 0.29) is 6.04 Å². The first-order valence-electron chi connectivity index (χ1n) is 4.74. The predicted octanol–water partition coefficient (Wildman–Crippen LogP) is -0.0854. The number of rotatable bonds is 1. The van der Waals surface area contributed by atoms with Crippen molar-refractivity contribution in [3.05, 3.63) is 0 Å². The Morgan fingerprint density at radius 2 is 2.15 bits per heavy atom. The molecule has 0 spiro atoms. The van der Waals surface area contributed by atoms with E-state index in [9.17, 15) is 9.90 Å². The molecule has 0 aromatic carbocycles. The van der Waals surface area contributed by atoms with Crippen molar-refractivity contribution >= 4 is 5.97 Å². The molecule has 0 unspecified atom stereocenters. The lowest BCUT2D eigenvalue weighted by Crippen LogP contribution is -2.51. The fourth-order valence-corrected chi connectivity index (χ4v) is 2.77. The van der Waals surface area contributed by atoms with Gasteiger partial charge in [0.05, 0.1) is 12.0 Å². The second kappa shape index (κ2) is 2.96. The number of piperidine rings is 1. The number of carboxylic acid groups (broad SMARTS) is 1. The van der Waals surface area contributed by atoms with Crippen LogP contribution in [0, 0.1) is 5.92 Å². The molecule has 13 heavy (non-hydrogen) atoms. The number of hydrogen-bond donors (Lipinski definition) is 2. The Kier molecular flexibility index (Phi) is 2.04. The maximum absolute atomic E-state index is 10.9. The first-order chi connectivity index (χ1) is 6.11. The van der Waals surface area contributed by atoms with E-state index in [1.807, 2.05) is 7.05 Å². The van der Waals surface area contributed by atoms with Crippen LogP contribution in [0.4, 0.5) is 0 Å². The van der Waals surface area contributed by atoms with Gasteiger partial charge in [0.1, 0.15) is 0 Å². The van der Waals surface area contributed by atoms with Gasteiger partial charge in [0.15, 0.2) is 0 Å². The zero-order valence-electron chi connectivity index (χ0n) is 7.68. The van der Waals surface area contributed by atoms with Gasteiger partial charge < -0.3 is 10.2 Å². The number of nitrogens with zero attached hydrogens (tertiary/aromatic N) is 1. The number of carbonyl (C=O) groups is 1. The van der Waals surface area contributed by atoms with Crippen molar-refractivity contribution in [2.75, 3.05) is 7.05 Å². The Bertz CT molecular complexity index is 231. The molecule has 4 heteroatoms. The molecule has 0 amide bonds. The van der Waals surface area contributed by atoms with E-state index in [1.165, 1.54) is 0 Å². The molecule has 2 N–H and O–H groups in total. The molecule has 2 fully saturated rings. The third-order valence-electron chi connectivity index (χ3n) is 3.52. The summed E-state index contributed by atoms with van der Waals surface area (Å²) in [6, 6.07) is 0.446. The van der Waals surface area contributed by atoms with Gasteiger partial charge in [-0.25, -0.2) is 0 Å². The Hall–Kier alpha value is -0.610. The Labute approximate surface area is 77.2 Å². The summed E-state index contributed by atoms with van der Waals surface area (Å²) in [5.41, 5.74) is 0. The molecule has 2 heterocycles. The van der Waals surface area contributed by atoms with Crippen LogP contribution in [0.15, 0.2) is 0 Å². The summed E-state index contributed by atoms with van der Waals surface area (Å²) < 4.78 is 0. The van der Waals surface area contributed by atoms with Gasteiger partial charge in [-0.15, -0.1) is 0 Å². The van der Waals surface area contributed by atoms with Gasteiger partial charge >= 0.3 is 5.97 Å². The lowest BCUT2D eigenvalue weighted by molar-refractivity contribution is -0.151. The van der Waals surface area contributed by atoms with E-state index in [1.54, 1.807) is 0 Å². The molecule has 74 valence electrons. The minimum Gasteiger partial charge on any atom is -0.481 e. The molecular formula is C9H15NO3. The SMILES string of the molecule is CN1[C@@H]2CC[C@H]1[C@@H](C(=O)O)[C@@H](O)C2. The van der Waals surface area contributed by atoms with Gasteiger partial charge in [-0.3, -0.25) is 9.69 Å². The molecular weight excluding hydrogens is 170 g/mol. The number of aliphatic hydroxyl groups excluding tert-OH is 1. The van der Waals surface area contributed by atoms with Crippen molar-refractivity contribution in [2.45, 2.75) is 37.5 Å². The fourth-order valence-electron chi connectivity index (χ4n) is 2.77. The highest BCUT2D eigenvalue weighted by Gasteiger charge is 2.48. The van der Waals surface area contributed by atoms with Crippen molar-refractivity contribution in [2.24, 2.45) is 5.92 Å². The summed E-state index contributed by atoms with van der Waals surface area (Å²) in [4.78, 5) is 13.0. The second-order valence-electron chi connectivity index (χ2n) is 4.13. The van der Waals surface area contributed by atoms with Crippen molar-refractivity contribution in [1.82, 2.24) is 4.90 Å². The maximum atomic E-state index is 10.9. The number of hydrogen-bond acceptors (Lipinski definition) is 3. The van der Waals surface area contributed by atoms with Crippen LogP contribution in [0.2, 0.25) is 0 Å². The summed E-state index contributed by atoms with van der Waals surface area (Å²) in [6.07, 6.45) is 1.91. The molecule has 2 bridgehead atoms. The van der Waals surface area contributed by atoms with Crippen LogP contribution in [-0.2, 0) is 4.79 Å². The summed E-state index contributed by atoms with van der Waals surface area (Å²) in [6.45, 7) is 0. The molecule has 0 saturated carbocycles. The highest BCUT2D eigenvalue weighted by molar-refractivity contribution is 5.72. The molecule has 4 nitrogen and oxygen atoms in total. The van der Waals surface area contributed by atoms with Gasteiger partial charge in [-0.2, -0.15) is 0 Å². The first kappa shape index (κ1) is 8.97. The molecule has 2 saturated heterocycles. The average Bonchev–Trinajstić information content (AvgIpc) is 2.34. The normalized spacial score (nSPS) is 45.1. The number of aliphatic carboxylic acids is 1. The fraction of sp³-hybridized carbons (Fsp3) is 0.889. The number of carboxylic acids is 1. The molecule has 0 aromatic rings. The summed E-state index contributed by atoms with van der Waals surface area (Å²) in [5, 5.41) is 18.6. The van der Waals surface area contributed by atoms with Crippen molar-refractivity contribution < 1.29 is 15.0 Å². The zero-order valence-corrected chi connectivity index (χ0v) is 7.68. The highest BCUT2D eigenvalue weighted by atomic mass is 16.4. The smallest absolute Gasteiger partial charge is 0.310 e. The molecule has 0 aliphatic carbocycles. The van der Waals surface area contributed by atoms with Crippen LogP contribution in [0.1, 0.15) is 19.3 Å². The van der Waals surface area contributed by atoms with Gasteiger partial charge in [-0.1, -0.05) is 0 Å². The van der Waals surface area contributed by atoms with E-state index >= 15 is 0 Å². The van der Waals surface area contributed by atoms with Crippen LogP contribution in [-0.4, -0.2) is 46.3 Å². The Morgan fingerprint density at radius 1 is 1.46 bits per heavy atom. The predicted molar refractivity (Wildman–Crippen MR) is 46.3 cm³/mol. The average molecular weight is 185 g/mol. The minimum atomic E-state index is -0.857. The van der Waals surface area contributed by atoms with Gasteiger partial charge in [-0.05, 0) is 26.3 Å². The molecule has 2 aliphatic rings. The maximum Gasteiger partial charge on any atom is 0.310 e. The molecule has 2 aliphatic heterocycles. The minimum absolute atomic E-state index is 0.0475. The van der Waals surface area contributed by atoms with E-state index in [0.29, 0.717) is 12.5 Å². The summed E-state index contributed by atoms with van der Waals surface area (Å²) >= 11 is 0. The third-order valence-corrected chi connectivity index (χ3v) is 3.52. The lowest BCUT2D eigenvalue weighted by atomic mass is 9.88. The van der Waals surface area contributed by atoms with Crippen LogP contribution in [0.3, 0.4) is 0 Å². The lowest BCUT2D eigenvalue weighted by Gasteiger charge is -2.38. The monoisotopic (exact) mass is 185 g/mol. The highest BCUT2D eigenvalue weighted by Crippen LogP contribution is 2.38. The number of aliphatic hydroxyl groups is 1. The topological polar surface area (TPSA) is 60.8 Å². The van der Waals surface area contributed by atoms with E-state index in [0.717, 1.165) is 12.8 Å². The van der Waals surface area contributed by atoms with Crippen molar-refractivity contribution in [1.29, 1.82) is 0 Å². The van der Waals surface area contributed by atoms with E-state index < -0.39 is 18.0 Å². The van der Waals surface area contributed by atoms with Crippen LogP contribution >= 0.6 is 0 Å². The first-order valence-corrected chi connectivity index (χ1v) is 4.74. The molecule has 4 atom stereocenters. The van der Waals surface area contributed by atoms with E-state index in [2.05, 4.69) is 4.90 Å². The summed E-state index contributed by atoms with van der Waals surface area (Å²) in [7, 11) is 1.96. The Morgan fingerprint density at radius 3 is 2.77 bits per heavy atom. The van der Waals surface area contributed by atoms with Crippen LogP contribution < -0.4 is 0 Å². The van der Waals surface area contributed by atoms with Gasteiger partial charge in [0.2, 0.25) is 0 Å². The summed E-state index contributed by atoms with van der Waals surface area (Å²) in [5.74, 6) is -1.44. The van der Waals surface area contributed by atoms with E-state index in [4.69, 9.17) is 5.11 Å². The largest absolute Gasteiger partial charge is 0.481 e. The molecule has 0 radical (unpaired) electrons.